The van der Waals surface area contributed by atoms with Gasteiger partial charge in [-0.15, -0.1) is 0 Å². The summed E-state index contributed by atoms with van der Waals surface area (Å²) in [5, 5.41) is 0. The minimum atomic E-state index is 0.333. The van der Waals surface area contributed by atoms with E-state index in [0.717, 1.165) is 11.1 Å². The van der Waals surface area contributed by atoms with Gasteiger partial charge in [0.2, 0.25) is 5.88 Å². The molecule has 0 fully saturated rings. The van der Waals surface area contributed by atoms with Gasteiger partial charge in [0, 0.05) is 6.20 Å². The lowest BCUT2D eigenvalue weighted by Gasteiger charge is -2.12. The molecule has 4 heteroatoms. The Morgan fingerprint density at radius 1 is 1.60 bits per heavy atom. The van der Waals surface area contributed by atoms with Crippen molar-refractivity contribution in [1.82, 2.24) is 4.98 Å². The van der Waals surface area contributed by atoms with Gasteiger partial charge < -0.3 is 10.5 Å². The fourth-order valence-corrected chi connectivity index (χ4v) is 1.44. The Morgan fingerprint density at radius 3 is 2.80 bits per heavy atom. The normalized spacial score (nSPS) is 10.4. The van der Waals surface area contributed by atoms with Crippen LogP contribution in [0, 0.1) is 12.8 Å². The Balaban J connectivity index is 2.96. The van der Waals surface area contributed by atoms with Crippen LogP contribution in [0.4, 0.5) is 0 Å². The molecule has 0 aliphatic rings. The predicted octanol–water partition coefficient (Wildman–Crippen LogP) is 2.06. The van der Waals surface area contributed by atoms with E-state index in [2.05, 4.69) is 18.8 Å². The van der Waals surface area contributed by atoms with E-state index < -0.39 is 0 Å². The van der Waals surface area contributed by atoms with Crippen molar-refractivity contribution in [2.75, 3.05) is 6.61 Å². The van der Waals surface area contributed by atoms with Crippen molar-refractivity contribution in [3.63, 3.8) is 0 Å². The van der Waals surface area contributed by atoms with Crippen LogP contribution in [0.5, 0.6) is 5.88 Å². The molecule has 0 unspecified atom stereocenters. The lowest BCUT2D eigenvalue weighted by Crippen LogP contribution is -2.16. The first kappa shape index (κ1) is 11.9. The van der Waals surface area contributed by atoms with Gasteiger partial charge in [-0.25, -0.2) is 4.98 Å². The van der Waals surface area contributed by atoms with Crippen LogP contribution in [0.2, 0.25) is 0 Å². The van der Waals surface area contributed by atoms with Gasteiger partial charge in [0.1, 0.15) is 4.99 Å². The van der Waals surface area contributed by atoms with Crippen molar-refractivity contribution in [2.24, 2.45) is 11.7 Å². The Hall–Kier alpha value is -1.16. The largest absolute Gasteiger partial charge is 0.477 e. The number of rotatable bonds is 4. The number of pyridine rings is 1. The fourth-order valence-electron chi connectivity index (χ4n) is 1.19. The maximum Gasteiger partial charge on any atom is 0.223 e. The van der Waals surface area contributed by atoms with E-state index in [1.165, 1.54) is 0 Å². The number of aryl methyl sites for hydroxylation is 1. The summed E-state index contributed by atoms with van der Waals surface area (Å²) >= 11 is 4.97. The molecule has 2 N–H and O–H groups in total. The molecule has 0 atom stereocenters. The second-order valence-corrected chi connectivity index (χ2v) is 4.32. The van der Waals surface area contributed by atoms with E-state index in [0.29, 0.717) is 23.4 Å². The molecule has 0 aliphatic heterocycles. The lowest BCUT2D eigenvalue weighted by molar-refractivity contribution is 0.261. The average Bonchev–Trinajstić information content (AvgIpc) is 2.13. The Bertz CT molecular complexity index is 364. The van der Waals surface area contributed by atoms with Crippen LogP contribution in [-0.4, -0.2) is 16.6 Å². The molecule has 0 aliphatic carbocycles. The molecule has 82 valence electrons. The highest BCUT2D eigenvalue weighted by Crippen LogP contribution is 2.19. The molecule has 1 rings (SSSR count). The van der Waals surface area contributed by atoms with Crippen LogP contribution in [0.3, 0.4) is 0 Å². The number of nitrogens with zero attached hydrogens (tertiary/aromatic N) is 1. The van der Waals surface area contributed by atoms with Gasteiger partial charge in [-0.1, -0.05) is 26.1 Å². The molecule has 0 amide bonds. The molecule has 0 spiro atoms. The monoisotopic (exact) mass is 224 g/mol. The molecule has 0 bridgehead atoms. The Kier molecular flexibility index (Phi) is 4.03. The van der Waals surface area contributed by atoms with E-state index in [4.69, 9.17) is 22.7 Å². The Morgan fingerprint density at radius 2 is 2.27 bits per heavy atom. The highest BCUT2D eigenvalue weighted by molar-refractivity contribution is 7.80. The topological polar surface area (TPSA) is 48.1 Å². The molecule has 15 heavy (non-hydrogen) atoms. The highest BCUT2D eigenvalue weighted by atomic mass is 32.1. The van der Waals surface area contributed by atoms with E-state index in [1.807, 2.05) is 13.0 Å². The zero-order valence-electron chi connectivity index (χ0n) is 9.28. The molecule has 0 saturated heterocycles. The van der Waals surface area contributed by atoms with Crippen LogP contribution in [0.25, 0.3) is 0 Å². The smallest absolute Gasteiger partial charge is 0.223 e. The summed E-state index contributed by atoms with van der Waals surface area (Å²) < 4.78 is 5.56. The summed E-state index contributed by atoms with van der Waals surface area (Å²) in [5.74, 6) is 0.989. The molecular formula is C11H16N2OS. The van der Waals surface area contributed by atoms with Gasteiger partial charge >= 0.3 is 0 Å². The minimum absolute atomic E-state index is 0.333. The maximum absolute atomic E-state index is 5.63. The first-order valence-electron chi connectivity index (χ1n) is 4.90. The van der Waals surface area contributed by atoms with E-state index in [-0.39, 0.29) is 0 Å². The standard InChI is InChI=1S/C11H16N2OS/c1-7(2)6-14-11-9(10(12)15)8(3)4-5-13-11/h4-5,7H,6H2,1-3H3,(H2,12,15). The molecule has 1 heterocycles. The molecule has 0 aromatic carbocycles. The van der Waals surface area contributed by atoms with Crippen molar-refractivity contribution >= 4 is 17.2 Å². The van der Waals surface area contributed by atoms with Gasteiger partial charge in [-0.05, 0) is 24.5 Å². The first-order valence-corrected chi connectivity index (χ1v) is 5.31. The minimum Gasteiger partial charge on any atom is -0.477 e. The number of nitrogens with two attached hydrogens (primary N) is 1. The van der Waals surface area contributed by atoms with E-state index in [9.17, 15) is 0 Å². The molecule has 3 nitrogen and oxygen atoms in total. The summed E-state index contributed by atoms with van der Waals surface area (Å²) in [5.41, 5.74) is 7.37. The van der Waals surface area contributed by atoms with Crippen LogP contribution < -0.4 is 10.5 Å². The molecule has 1 aromatic rings. The number of hydrogen-bond acceptors (Lipinski definition) is 3. The average molecular weight is 224 g/mol. The third-order valence-corrected chi connectivity index (χ3v) is 2.13. The van der Waals surface area contributed by atoms with Crippen molar-refractivity contribution in [2.45, 2.75) is 20.8 Å². The van der Waals surface area contributed by atoms with Crippen molar-refractivity contribution < 1.29 is 4.74 Å². The van der Waals surface area contributed by atoms with Crippen molar-refractivity contribution in [1.29, 1.82) is 0 Å². The van der Waals surface area contributed by atoms with Crippen molar-refractivity contribution in [3.8, 4) is 5.88 Å². The van der Waals surface area contributed by atoms with Crippen molar-refractivity contribution in [3.05, 3.63) is 23.4 Å². The number of hydrogen-bond donors (Lipinski definition) is 1. The summed E-state index contributed by atoms with van der Waals surface area (Å²) in [6, 6.07) is 1.87. The molecule has 0 saturated carbocycles. The van der Waals surface area contributed by atoms with Gasteiger partial charge in [0.15, 0.2) is 0 Å². The van der Waals surface area contributed by atoms with E-state index in [1.54, 1.807) is 6.20 Å². The summed E-state index contributed by atoms with van der Waals surface area (Å²) in [4.78, 5) is 4.48. The second kappa shape index (κ2) is 5.07. The zero-order valence-corrected chi connectivity index (χ0v) is 10.1. The van der Waals surface area contributed by atoms with Crippen LogP contribution in [0.15, 0.2) is 12.3 Å². The molecule has 0 radical (unpaired) electrons. The SMILES string of the molecule is Cc1ccnc(OCC(C)C)c1C(N)=S. The number of thiocarbonyl (C=S) groups is 1. The van der Waals surface area contributed by atoms with Gasteiger partial charge in [0.05, 0.1) is 12.2 Å². The fraction of sp³-hybridized carbons (Fsp3) is 0.455. The summed E-state index contributed by atoms with van der Waals surface area (Å²) in [6.45, 7) is 6.72. The van der Waals surface area contributed by atoms with Gasteiger partial charge in [-0.2, -0.15) is 0 Å². The third-order valence-electron chi connectivity index (χ3n) is 1.92. The molecule has 1 aromatic heterocycles. The Labute approximate surface area is 95.7 Å². The van der Waals surface area contributed by atoms with Gasteiger partial charge in [0.25, 0.3) is 0 Å². The number of aromatic nitrogens is 1. The van der Waals surface area contributed by atoms with Crippen LogP contribution in [0.1, 0.15) is 25.0 Å². The predicted molar refractivity (Wildman–Crippen MR) is 65.2 cm³/mol. The first-order chi connectivity index (χ1) is 7.02. The van der Waals surface area contributed by atoms with Crippen LogP contribution >= 0.6 is 12.2 Å². The molecular weight excluding hydrogens is 208 g/mol. The number of ether oxygens (including phenoxy) is 1. The third kappa shape index (κ3) is 3.16. The maximum atomic E-state index is 5.63. The quantitative estimate of drug-likeness (QED) is 0.795. The zero-order chi connectivity index (χ0) is 11.4. The van der Waals surface area contributed by atoms with Crippen LogP contribution in [-0.2, 0) is 0 Å². The summed E-state index contributed by atoms with van der Waals surface area (Å²) in [6.07, 6.45) is 1.70. The van der Waals surface area contributed by atoms with E-state index >= 15 is 0 Å². The second-order valence-electron chi connectivity index (χ2n) is 3.88. The highest BCUT2D eigenvalue weighted by Gasteiger charge is 2.11. The lowest BCUT2D eigenvalue weighted by atomic mass is 10.1. The summed E-state index contributed by atoms with van der Waals surface area (Å²) in [7, 11) is 0. The van der Waals surface area contributed by atoms with Gasteiger partial charge in [-0.3, -0.25) is 0 Å².